The van der Waals surface area contributed by atoms with Crippen LogP contribution in [0.5, 0.6) is 0 Å². The van der Waals surface area contributed by atoms with Crippen molar-refractivity contribution < 1.29 is 8.42 Å². The van der Waals surface area contributed by atoms with E-state index in [1.807, 2.05) is 0 Å². The number of aromatic nitrogens is 1. The molecule has 0 aliphatic carbocycles. The van der Waals surface area contributed by atoms with E-state index < -0.39 is 10.0 Å². The molecule has 0 N–H and O–H groups in total. The van der Waals surface area contributed by atoms with Gasteiger partial charge < -0.3 is 0 Å². The topological polar surface area (TPSA) is 39.1 Å². The van der Waals surface area contributed by atoms with Crippen molar-refractivity contribution in [2.45, 2.75) is 0 Å². The summed E-state index contributed by atoms with van der Waals surface area (Å²) in [6, 6.07) is 3.34. The van der Waals surface area contributed by atoms with Crippen molar-refractivity contribution in [1.82, 2.24) is 3.97 Å². The summed E-state index contributed by atoms with van der Waals surface area (Å²) in [4.78, 5) is 0. The van der Waals surface area contributed by atoms with Crippen molar-refractivity contribution in [3.05, 3.63) is 24.5 Å². The van der Waals surface area contributed by atoms with Crippen LogP contribution in [0.25, 0.3) is 0 Å². The molecule has 0 saturated heterocycles. The maximum atomic E-state index is 10.7. The summed E-state index contributed by atoms with van der Waals surface area (Å²) < 4.78 is 22.5. The highest BCUT2D eigenvalue weighted by Crippen LogP contribution is 1.93. The fourth-order valence-corrected chi connectivity index (χ4v) is 1.12. The second-order valence-corrected chi connectivity index (χ2v) is 3.66. The van der Waals surface area contributed by atoms with Gasteiger partial charge in [0.15, 0.2) is 0 Å². The van der Waals surface area contributed by atoms with Crippen molar-refractivity contribution in [3.63, 3.8) is 0 Å². The summed E-state index contributed by atoms with van der Waals surface area (Å²) in [6.07, 6.45) is 4.15. The zero-order valence-electron chi connectivity index (χ0n) is 4.98. The van der Waals surface area contributed by atoms with E-state index >= 15 is 0 Å². The molecule has 0 aliphatic heterocycles. The van der Waals surface area contributed by atoms with Crippen LogP contribution >= 0.6 is 0 Å². The fourth-order valence-electron chi connectivity index (χ4n) is 0.540. The first-order valence-electron chi connectivity index (χ1n) is 2.44. The van der Waals surface area contributed by atoms with E-state index in [0.717, 1.165) is 10.2 Å². The van der Waals surface area contributed by atoms with Gasteiger partial charge in [0.2, 0.25) is 10.0 Å². The van der Waals surface area contributed by atoms with Crippen LogP contribution in [-0.2, 0) is 10.0 Å². The summed E-state index contributed by atoms with van der Waals surface area (Å²) in [5, 5.41) is 0. The van der Waals surface area contributed by atoms with Gasteiger partial charge in [-0.05, 0) is 12.1 Å². The fraction of sp³-hybridized carbons (Fsp3) is 0.200. The molecular weight excluding hydrogens is 138 g/mol. The number of hydrogen-bond donors (Lipinski definition) is 0. The molecule has 0 saturated carbocycles. The third-order valence-electron chi connectivity index (χ3n) is 0.960. The van der Waals surface area contributed by atoms with Crippen LogP contribution in [0.15, 0.2) is 24.5 Å². The van der Waals surface area contributed by atoms with Crippen molar-refractivity contribution in [1.29, 1.82) is 0 Å². The van der Waals surface area contributed by atoms with Crippen molar-refractivity contribution >= 4 is 10.0 Å². The third kappa shape index (κ3) is 1.32. The number of nitrogens with zero attached hydrogens (tertiary/aromatic N) is 1. The van der Waals surface area contributed by atoms with Gasteiger partial charge in [-0.25, -0.2) is 8.42 Å². The lowest BCUT2D eigenvalue weighted by Crippen LogP contribution is -2.06. The van der Waals surface area contributed by atoms with Crippen LogP contribution in [0.4, 0.5) is 0 Å². The molecule has 1 aromatic heterocycles. The Balaban J connectivity index is 3.20. The van der Waals surface area contributed by atoms with Crippen LogP contribution in [0.3, 0.4) is 0 Å². The Kier molecular flexibility index (Phi) is 1.32. The molecule has 1 aromatic rings. The quantitative estimate of drug-likeness (QED) is 0.570. The van der Waals surface area contributed by atoms with Gasteiger partial charge in [0.1, 0.15) is 0 Å². The summed E-state index contributed by atoms with van der Waals surface area (Å²) in [5.41, 5.74) is 0. The first kappa shape index (κ1) is 6.35. The van der Waals surface area contributed by atoms with Crippen molar-refractivity contribution in [3.8, 4) is 0 Å². The standard InChI is InChI=1S/C5H7NO2S/c1-9(7,8)6-4-2-3-5-6/h2-5H,1H3. The lowest BCUT2D eigenvalue weighted by Gasteiger charge is -1.94. The predicted octanol–water partition coefficient (Wildman–Crippen LogP) is 0.296. The third-order valence-corrected chi connectivity index (χ3v) is 1.97. The van der Waals surface area contributed by atoms with Gasteiger partial charge in [-0.15, -0.1) is 0 Å². The van der Waals surface area contributed by atoms with E-state index in [4.69, 9.17) is 0 Å². The molecular formula is C5H7NO2S. The van der Waals surface area contributed by atoms with Crippen LogP contribution in [0.1, 0.15) is 0 Å². The number of hydrogen-bond acceptors (Lipinski definition) is 2. The maximum Gasteiger partial charge on any atom is 0.235 e. The van der Waals surface area contributed by atoms with Gasteiger partial charge in [0.05, 0.1) is 6.26 Å². The molecule has 0 aliphatic rings. The molecule has 0 spiro atoms. The van der Waals surface area contributed by atoms with Gasteiger partial charge in [-0.1, -0.05) is 0 Å². The van der Waals surface area contributed by atoms with Crippen LogP contribution in [0.2, 0.25) is 0 Å². The minimum atomic E-state index is -3.04. The highest BCUT2D eigenvalue weighted by atomic mass is 32.2. The number of rotatable bonds is 1. The van der Waals surface area contributed by atoms with Gasteiger partial charge in [0, 0.05) is 12.4 Å². The van der Waals surface area contributed by atoms with E-state index in [0.29, 0.717) is 0 Å². The van der Waals surface area contributed by atoms with Crippen LogP contribution < -0.4 is 0 Å². The average molecular weight is 145 g/mol. The summed E-state index contributed by atoms with van der Waals surface area (Å²) in [5.74, 6) is 0. The largest absolute Gasteiger partial charge is 0.253 e. The predicted molar refractivity (Wildman–Crippen MR) is 34.7 cm³/mol. The van der Waals surface area contributed by atoms with Crippen molar-refractivity contribution in [2.75, 3.05) is 6.26 Å². The Labute approximate surface area is 54.0 Å². The molecule has 0 aromatic carbocycles. The Morgan fingerprint density at radius 2 is 1.67 bits per heavy atom. The minimum absolute atomic E-state index is 1.16. The molecule has 9 heavy (non-hydrogen) atoms. The highest BCUT2D eigenvalue weighted by Gasteiger charge is 1.99. The summed E-state index contributed by atoms with van der Waals surface area (Å²) in [6.45, 7) is 0. The van der Waals surface area contributed by atoms with Gasteiger partial charge in [0.25, 0.3) is 0 Å². The minimum Gasteiger partial charge on any atom is -0.253 e. The molecule has 0 fully saturated rings. The Bertz CT molecular complexity index is 272. The zero-order chi connectivity index (χ0) is 6.91. The first-order valence-corrected chi connectivity index (χ1v) is 4.29. The molecule has 3 nitrogen and oxygen atoms in total. The molecule has 1 rings (SSSR count). The smallest absolute Gasteiger partial charge is 0.235 e. The lowest BCUT2D eigenvalue weighted by molar-refractivity contribution is 0.593. The monoisotopic (exact) mass is 145 g/mol. The Morgan fingerprint density at radius 1 is 1.22 bits per heavy atom. The van der Waals surface area contributed by atoms with Crippen LogP contribution in [0, 0.1) is 0 Å². The summed E-state index contributed by atoms with van der Waals surface area (Å²) in [7, 11) is -3.04. The highest BCUT2D eigenvalue weighted by molar-refractivity contribution is 7.89. The molecule has 0 unspecified atom stereocenters. The van der Waals surface area contributed by atoms with Crippen molar-refractivity contribution in [2.24, 2.45) is 0 Å². The normalized spacial score (nSPS) is 11.7. The molecule has 50 valence electrons. The molecule has 4 heteroatoms. The van der Waals surface area contributed by atoms with Crippen LogP contribution in [-0.4, -0.2) is 18.6 Å². The molecule has 0 amide bonds. The lowest BCUT2D eigenvalue weighted by atomic mass is 10.7. The second-order valence-electron chi connectivity index (χ2n) is 1.78. The van der Waals surface area contributed by atoms with Gasteiger partial charge in [-0.3, -0.25) is 3.97 Å². The average Bonchev–Trinajstić information content (AvgIpc) is 2.08. The van der Waals surface area contributed by atoms with Gasteiger partial charge in [-0.2, -0.15) is 0 Å². The maximum absolute atomic E-state index is 10.7. The van der Waals surface area contributed by atoms with Gasteiger partial charge >= 0.3 is 0 Å². The SMILES string of the molecule is CS(=O)(=O)n1cccc1. The van der Waals surface area contributed by atoms with E-state index in [1.165, 1.54) is 12.4 Å². The zero-order valence-corrected chi connectivity index (χ0v) is 5.80. The molecule has 1 heterocycles. The van der Waals surface area contributed by atoms with E-state index in [9.17, 15) is 8.42 Å². The Morgan fingerprint density at radius 3 is 1.89 bits per heavy atom. The molecule has 0 bridgehead atoms. The summed E-state index contributed by atoms with van der Waals surface area (Å²) >= 11 is 0. The van der Waals surface area contributed by atoms with E-state index in [1.54, 1.807) is 12.1 Å². The second kappa shape index (κ2) is 1.88. The Hall–Kier alpha value is -0.770. The molecule has 0 atom stereocenters. The first-order chi connectivity index (χ1) is 4.11. The molecule has 0 radical (unpaired) electrons. The van der Waals surface area contributed by atoms with E-state index in [2.05, 4.69) is 0 Å². The van der Waals surface area contributed by atoms with E-state index in [-0.39, 0.29) is 0 Å².